The minimum atomic E-state index is 0.138. The van der Waals surface area contributed by atoms with Crippen molar-refractivity contribution in [1.82, 2.24) is 0 Å². The van der Waals surface area contributed by atoms with Crippen LogP contribution in [0, 0.1) is 5.92 Å². The zero-order valence-electron chi connectivity index (χ0n) is 14.3. The van der Waals surface area contributed by atoms with Crippen molar-refractivity contribution >= 4 is 6.29 Å². The van der Waals surface area contributed by atoms with E-state index >= 15 is 0 Å². The molecule has 0 aliphatic heterocycles. The molecule has 2 aliphatic carbocycles. The Balaban J connectivity index is 1.80. The second-order valence-corrected chi connectivity index (χ2v) is 7.42. The van der Waals surface area contributed by atoms with Gasteiger partial charge in [-0.15, -0.1) is 0 Å². The lowest BCUT2D eigenvalue weighted by atomic mass is 9.68. The second kappa shape index (κ2) is 6.94. The third-order valence-corrected chi connectivity index (χ3v) is 5.78. The molecule has 0 bridgehead atoms. The molecule has 2 fully saturated rings. The summed E-state index contributed by atoms with van der Waals surface area (Å²) in [4.78, 5) is 11.0. The molecule has 2 aliphatic rings. The van der Waals surface area contributed by atoms with Crippen molar-refractivity contribution in [2.45, 2.75) is 69.8 Å². The lowest BCUT2D eigenvalue weighted by Gasteiger charge is -2.36. The number of ether oxygens (including phenoxy) is 2. The van der Waals surface area contributed by atoms with Crippen molar-refractivity contribution in [3.8, 4) is 11.5 Å². The fraction of sp³-hybridized carbons (Fsp3) is 0.650. The summed E-state index contributed by atoms with van der Waals surface area (Å²) >= 11 is 0. The van der Waals surface area contributed by atoms with E-state index in [4.69, 9.17) is 9.47 Å². The van der Waals surface area contributed by atoms with Crippen molar-refractivity contribution in [3.05, 3.63) is 23.8 Å². The SMILES string of the molecule is COc1ccc(C2(C)CCC(C=O)CC2)cc1OC1CCCC1. The van der Waals surface area contributed by atoms with Crippen LogP contribution in [0.25, 0.3) is 0 Å². The van der Waals surface area contributed by atoms with Crippen molar-refractivity contribution in [2.24, 2.45) is 5.92 Å². The standard InChI is InChI=1S/C20H28O3/c1-20(11-9-15(14-21)10-12-20)16-7-8-18(22-2)19(13-16)23-17-5-3-4-6-17/h7-8,13-15,17H,3-6,9-12H2,1-2H3. The molecule has 1 aromatic carbocycles. The third-order valence-electron chi connectivity index (χ3n) is 5.78. The Hall–Kier alpha value is -1.51. The number of benzene rings is 1. The molecule has 0 radical (unpaired) electrons. The van der Waals surface area contributed by atoms with E-state index in [0.717, 1.165) is 56.3 Å². The normalized spacial score (nSPS) is 28.5. The van der Waals surface area contributed by atoms with Gasteiger partial charge in [0.25, 0.3) is 0 Å². The smallest absolute Gasteiger partial charge is 0.161 e. The number of methoxy groups -OCH3 is 1. The van der Waals surface area contributed by atoms with Gasteiger partial charge in [0.15, 0.2) is 11.5 Å². The molecule has 1 aromatic rings. The molecule has 0 N–H and O–H groups in total. The number of hydrogen-bond donors (Lipinski definition) is 0. The molecule has 3 nitrogen and oxygen atoms in total. The maximum Gasteiger partial charge on any atom is 0.161 e. The predicted molar refractivity (Wildman–Crippen MR) is 91.3 cm³/mol. The minimum absolute atomic E-state index is 0.138. The first kappa shape index (κ1) is 16.4. The Morgan fingerprint density at radius 2 is 1.78 bits per heavy atom. The molecule has 3 heteroatoms. The van der Waals surface area contributed by atoms with Crippen LogP contribution in [0.4, 0.5) is 0 Å². The van der Waals surface area contributed by atoms with Gasteiger partial charge in [0, 0.05) is 5.92 Å². The van der Waals surface area contributed by atoms with Crippen LogP contribution in [0.15, 0.2) is 18.2 Å². The largest absolute Gasteiger partial charge is 0.493 e. The molecule has 0 atom stereocenters. The summed E-state index contributed by atoms with van der Waals surface area (Å²) < 4.78 is 11.7. The van der Waals surface area contributed by atoms with E-state index in [9.17, 15) is 4.79 Å². The topological polar surface area (TPSA) is 35.5 Å². The Bertz CT molecular complexity index is 538. The zero-order chi connectivity index (χ0) is 16.3. The van der Waals surface area contributed by atoms with E-state index in [1.807, 2.05) is 6.07 Å². The van der Waals surface area contributed by atoms with Gasteiger partial charge in [0.05, 0.1) is 13.2 Å². The van der Waals surface area contributed by atoms with E-state index in [2.05, 4.69) is 19.1 Å². The molecule has 3 rings (SSSR count). The summed E-state index contributed by atoms with van der Waals surface area (Å²) in [5.74, 6) is 1.96. The fourth-order valence-electron chi connectivity index (χ4n) is 4.03. The van der Waals surface area contributed by atoms with E-state index in [1.54, 1.807) is 7.11 Å². The molecular weight excluding hydrogens is 288 g/mol. The number of rotatable bonds is 5. The van der Waals surface area contributed by atoms with Gasteiger partial charge in [0.2, 0.25) is 0 Å². The average Bonchev–Trinajstić information content (AvgIpc) is 3.08. The van der Waals surface area contributed by atoms with Crippen LogP contribution in [0.2, 0.25) is 0 Å². The molecule has 0 aromatic heterocycles. The number of carbonyl (C=O) groups excluding carboxylic acids is 1. The van der Waals surface area contributed by atoms with Gasteiger partial charge in [-0.05, 0) is 74.5 Å². The molecule has 0 spiro atoms. The highest BCUT2D eigenvalue weighted by Crippen LogP contribution is 2.43. The molecule has 0 heterocycles. The van der Waals surface area contributed by atoms with Crippen molar-refractivity contribution in [3.63, 3.8) is 0 Å². The highest BCUT2D eigenvalue weighted by atomic mass is 16.5. The first-order valence-electron chi connectivity index (χ1n) is 8.95. The highest BCUT2D eigenvalue weighted by molar-refractivity contribution is 5.54. The van der Waals surface area contributed by atoms with E-state index in [1.165, 1.54) is 18.4 Å². The predicted octanol–water partition coefficient (Wildman–Crippen LogP) is 4.66. The molecule has 0 saturated heterocycles. The second-order valence-electron chi connectivity index (χ2n) is 7.42. The van der Waals surface area contributed by atoms with Crippen LogP contribution in [0.3, 0.4) is 0 Å². The maximum absolute atomic E-state index is 11.0. The van der Waals surface area contributed by atoms with Gasteiger partial charge in [-0.3, -0.25) is 0 Å². The van der Waals surface area contributed by atoms with Crippen LogP contribution in [0.1, 0.15) is 63.9 Å². The third kappa shape index (κ3) is 3.54. The Kier molecular flexibility index (Phi) is 4.93. The average molecular weight is 316 g/mol. The zero-order valence-corrected chi connectivity index (χ0v) is 14.3. The number of hydrogen-bond acceptors (Lipinski definition) is 3. The van der Waals surface area contributed by atoms with Crippen molar-refractivity contribution < 1.29 is 14.3 Å². The lowest BCUT2D eigenvalue weighted by molar-refractivity contribution is -0.112. The quantitative estimate of drug-likeness (QED) is 0.741. The van der Waals surface area contributed by atoms with E-state index in [-0.39, 0.29) is 11.3 Å². The first-order chi connectivity index (χ1) is 11.1. The summed E-state index contributed by atoms with van der Waals surface area (Å²) in [5, 5.41) is 0. The summed E-state index contributed by atoms with van der Waals surface area (Å²) in [6.45, 7) is 2.31. The van der Waals surface area contributed by atoms with Gasteiger partial charge in [-0.25, -0.2) is 0 Å². The van der Waals surface area contributed by atoms with Crippen LogP contribution in [0.5, 0.6) is 11.5 Å². The summed E-state index contributed by atoms with van der Waals surface area (Å²) in [6.07, 6.45) is 10.4. The number of aldehydes is 1. The molecular formula is C20H28O3. The van der Waals surface area contributed by atoms with Gasteiger partial charge < -0.3 is 14.3 Å². The summed E-state index contributed by atoms with van der Waals surface area (Å²) in [5.41, 5.74) is 1.45. The highest BCUT2D eigenvalue weighted by Gasteiger charge is 2.33. The molecule has 2 saturated carbocycles. The monoisotopic (exact) mass is 316 g/mol. The van der Waals surface area contributed by atoms with Crippen LogP contribution < -0.4 is 9.47 Å². The lowest BCUT2D eigenvalue weighted by Crippen LogP contribution is -2.29. The maximum atomic E-state index is 11.0. The van der Waals surface area contributed by atoms with Crippen LogP contribution >= 0.6 is 0 Å². The molecule has 0 amide bonds. The molecule has 23 heavy (non-hydrogen) atoms. The van der Waals surface area contributed by atoms with E-state index < -0.39 is 0 Å². The Labute approximate surface area is 139 Å². The van der Waals surface area contributed by atoms with Crippen molar-refractivity contribution in [2.75, 3.05) is 7.11 Å². The minimum Gasteiger partial charge on any atom is -0.493 e. The summed E-state index contributed by atoms with van der Waals surface area (Å²) in [6, 6.07) is 6.39. The first-order valence-corrected chi connectivity index (χ1v) is 8.95. The molecule has 0 unspecified atom stereocenters. The fourth-order valence-corrected chi connectivity index (χ4v) is 4.03. The van der Waals surface area contributed by atoms with Crippen molar-refractivity contribution in [1.29, 1.82) is 0 Å². The molecule has 126 valence electrons. The van der Waals surface area contributed by atoms with Crippen LogP contribution in [-0.2, 0) is 10.2 Å². The van der Waals surface area contributed by atoms with Crippen LogP contribution in [-0.4, -0.2) is 19.5 Å². The number of carbonyl (C=O) groups is 1. The van der Waals surface area contributed by atoms with Gasteiger partial charge >= 0.3 is 0 Å². The summed E-state index contributed by atoms with van der Waals surface area (Å²) in [7, 11) is 1.70. The van der Waals surface area contributed by atoms with E-state index in [0.29, 0.717) is 6.10 Å². The Morgan fingerprint density at radius 3 is 2.39 bits per heavy atom. The van der Waals surface area contributed by atoms with Gasteiger partial charge in [0.1, 0.15) is 6.29 Å². The Morgan fingerprint density at radius 1 is 1.09 bits per heavy atom. The van der Waals surface area contributed by atoms with Gasteiger partial charge in [-0.1, -0.05) is 13.0 Å². The van der Waals surface area contributed by atoms with Gasteiger partial charge in [-0.2, -0.15) is 0 Å².